The van der Waals surface area contributed by atoms with Crippen LogP contribution in [-0.4, -0.2) is 40.9 Å². The zero-order valence-electron chi connectivity index (χ0n) is 9.97. The molecule has 1 atom stereocenters. The molecule has 0 saturated carbocycles. The number of aromatic nitrogens is 2. The summed E-state index contributed by atoms with van der Waals surface area (Å²) in [6.07, 6.45) is 2.12. The lowest BCUT2D eigenvalue weighted by Gasteiger charge is -2.22. The zero-order valence-corrected chi connectivity index (χ0v) is 9.97. The van der Waals surface area contributed by atoms with Gasteiger partial charge in [0, 0.05) is 13.1 Å². The van der Waals surface area contributed by atoms with Crippen LogP contribution >= 0.6 is 0 Å². The van der Waals surface area contributed by atoms with Crippen LogP contribution in [-0.2, 0) is 0 Å². The molecule has 1 aliphatic heterocycles. The van der Waals surface area contributed by atoms with Gasteiger partial charge < -0.3 is 20.2 Å². The van der Waals surface area contributed by atoms with E-state index >= 15 is 0 Å². The van der Waals surface area contributed by atoms with Gasteiger partial charge in [-0.05, 0) is 13.3 Å². The van der Waals surface area contributed by atoms with Crippen molar-refractivity contribution >= 4 is 11.6 Å². The van der Waals surface area contributed by atoms with Crippen LogP contribution in [0.15, 0.2) is 6.33 Å². The van der Waals surface area contributed by atoms with Gasteiger partial charge in [-0.25, -0.2) is 15.8 Å². The SMILES string of the molecule is COc1c(NN)ncnc1N1CCC(C)(O)C1. The Morgan fingerprint density at radius 2 is 2.35 bits per heavy atom. The normalized spacial score (nSPS) is 23.9. The quantitative estimate of drug-likeness (QED) is 0.493. The average Bonchev–Trinajstić information content (AvgIpc) is 2.68. The van der Waals surface area contributed by atoms with Crippen molar-refractivity contribution in [1.29, 1.82) is 0 Å². The first-order valence-corrected chi connectivity index (χ1v) is 5.40. The molecule has 2 heterocycles. The van der Waals surface area contributed by atoms with Gasteiger partial charge in [0.05, 0.1) is 12.7 Å². The average molecular weight is 239 g/mol. The maximum Gasteiger partial charge on any atom is 0.205 e. The van der Waals surface area contributed by atoms with Crippen LogP contribution in [0.3, 0.4) is 0 Å². The number of hydrazine groups is 1. The Hall–Kier alpha value is -1.60. The highest BCUT2D eigenvalue weighted by Crippen LogP contribution is 2.35. The second kappa shape index (κ2) is 4.34. The Labute approximate surface area is 99.6 Å². The molecular formula is C10H17N5O2. The number of methoxy groups -OCH3 is 1. The number of hydrogen-bond donors (Lipinski definition) is 3. The molecule has 94 valence electrons. The van der Waals surface area contributed by atoms with Gasteiger partial charge in [0.25, 0.3) is 0 Å². The van der Waals surface area contributed by atoms with Crippen molar-refractivity contribution in [2.24, 2.45) is 5.84 Å². The Morgan fingerprint density at radius 3 is 2.88 bits per heavy atom. The molecule has 0 aromatic carbocycles. The summed E-state index contributed by atoms with van der Waals surface area (Å²) >= 11 is 0. The molecule has 1 aromatic rings. The summed E-state index contributed by atoms with van der Waals surface area (Å²) in [5.74, 6) is 6.93. The van der Waals surface area contributed by atoms with E-state index < -0.39 is 5.60 Å². The Kier molecular flexibility index (Phi) is 3.03. The van der Waals surface area contributed by atoms with E-state index in [4.69, 9.17) is 10.6 Å². The fraction of sp³-hybridized carbons (Fsp3) is 0.600. The smallest absolute Gasteiger partial charge is 0.205 e. The molecule has 1 fully saturated rings. The molecule has 7 nitrogen and oxygen atoms in total. The van der Waals surface area contributed by atoms with Crippen molar-refractivity contribution in [3.8, 4) is 5.75 Å². The summed E-state index contributed by atoms with van der Waals surface area (Å²) in [5, 5.41) is 9.95. The van der Waals surface area contributed by atoms with Crippen LogP contribution in [0.4, 0.5) is 11.6 Å². The van der Waals surface area contributed by atoms with Crippen LogP contribution in [0.2, 0.25) is 0 Å². The van der Waals surface area contributed by atoms with E-state index in [0.717, 1.165) is 6.54 Å². The molecule has 0 amide bonds. The van der Waals surface area contributed by atoms with Gasteiger partial charge in [0.1, 0.15) is 6.33 Å². The number of aliphatic hydroxyl groups is 1. The van der Waals surface area contributed by atoms with Crippen LogP contribution in [0, 0.1) is 0 Å². The van der Waals surface area contributed by atoms with E-state index in [2.05, 4.69) is 15.4 Å². The first-order chi connectivity index (χ1) is 8.07. The van der Waals surface area contributed by atoms with Gasteiger partial charge in [0.2, 0.25) is 5.75 Å². The van der Waals surface area contributed by atoms with E-state index in [0.29, 0.717) is 30.4 Å². The van der Waals surface area contributed by atoms with Crippen molar-refractivity contribution in [2.45, 2.75) is 18.9 Å². The maximum atomic E-state index is 9.95. The second-order valence-corrected chi connectivity index (χ2v) is 4.39. The van der Waals surface area contributed by atoms with E-state index in [1.807, 2.05) is 11.8 Å². The maximum absolute atomic E-state index is 9.95. The lowest BCUT2D eigenvalue weighted by Crippen LogP contribution is -2.30. The number of hydrogen-bond acceptors (Lipinski definition) is 7. The van der Waals surface area contributed by atoms with E-state index in [-0.39, 0.29) is 0 Å². The summed E-state index contributed by atoms with van der Waals surface area (Å²) in [6, 6.07) is 0. The standard InChI is InChI=1S/C10H17N5O2/c1-10(16)3-4-15(5-10)9-7(17-2)8(14-11)12-6-13-9/h6,16H,3-5,11H2,1-2H3,(H,12,13,14). The van der Waals surface area contributed by atoms with Crippen molar-refractivity contribution in [3.63, 3.8) is 0 Å². The summed E-state index contributed by atoms with van der Waals surface area (Å²) in [6.45, 7) is 3.05. The molecule has 1 aliphatic rings. The molecule has 1 aromatic heterocycles. The number of nitrogens with zero attached hydrogens (tertiary/aromatic N) is 3. The lowest BCUT2D eigenvalue weighted by atomic mass is 10.1. The summed E-state index contributed by atoms with van der Waals surface area (Å²) in [4.78, 5) is 10.1. The number of nitrogens with one attached hydrogen (secondary N) is 1. The molecule has 17 heavy (non-hydrogen) atoms. The minimum Gasteiger partial charge on any atom is -0.490 e. The molecule has 4 N–H and O–H groups in total. The number of rotatable bonds is 3. The highest BCUT2D eigenvalue weighted by molar-refractivity contribution is 5.64. The fourth-order valence-corrected chi connectivity index (χ4v) is 2.01. The Morgan fingerprint density at radius 1 is 1.59 bits per heavy atom. The van der Waals surface area contributed by atoms with Crippen molar-refractivity contribution in [1.82, 2.24) is 9.97 Å². The molecular weight excluding hydrogens is 222 g/mol. The van der Waals surface area contributed by atoms with E-state index in [9.17, 15) is 5.11 Å². The van der Waals surface area contributed by atoms with Gasteiger partial charge >= 0.3 is 0 Å². The summed E-state index contributed by atoms with van der Waals surface area (Å²) in [5.41, 5.74) is 1.78. The molecule has 0 radical (unpaired) electrons. The second-order valence-electron chi connectivity index (χ2n) is 4.39. The highest BCUT2D eigenvalue weighted by Gasteiger charge is 2.33. The van der Waals surface area contributed by atoms with Crippen LogP contribution < -0.4 is 20.9 Å². The van der Waals surface area contributed by atoms with E-state index in [1.165, 1.54) is 13.4 Å². The van der Waals surface area contributed by atoms with Crippen LogP contribution in [0.1, 0.15) is 13.3 Å². The fourth-order valence-electron chi connectivity index (χ4n) is 2.01. The predicted molar refractivity (Wildman–Crippen MR) is 63.8 cm³/mol. The summed E-state index contributed by atoms with van der Waals surface area (Å²) < 4.78 is 5.26. The molecule has 2 rings (SSSR count). The van der Waals surface area contributed by atoms with Crippen molar-refractivity contribution in [2.75, 3.05) is 30.5 Å². The number of β-amino-alcohol motifs (C(OH)–C–C–N with tert-alkyl or cyclic N) is 1. The van der Waals surface area contributed by atoms with Crippen molar-refractivity contribution < 1.29 is 9.84 Å². The molecule has 0 spiro atoms. The minimum absolute atomic E-state index is 0.434. The van der Waals surface area contributed by atoms with Gasteiger partial charge in [0.15, 0.2) is 11.6 Å². The zero-order chi connectivity index (χ0) is 12.5. The first kappa shape index (κ1) is 11.9. The largest absolute Gasteiger partial charge is 0.490 e. The van der Waals surface area contributed by atoms with Crippen LogP contribution in [0.5, 0.6) is 5.75 Å². The van der Waals surface area contributed by atoms with Gasteiger partial charge in [-0.1, -0.05) is 0 Å². The number of ether oxygens (including phenoxy) is 1. The highest BCUT2D eigenvalue weighted by atomic mass is 16.5. The van der Waals surface area contributed by atoms with Gasteiger partial charge in [-0.2, -0.15) is 0 Å². The van der Waals surface area contributed by atoms with Gasteiger partial charge in [-0.3, -0.25) is 0 Å². The predicted octanol–water partition coefficient (Wildman–Crippen LogP) is -0.268. The molecule has 0 bridgehead atoms. The Bertz CT molecular complexity index is 410. The van der Waals surface area contributed by atoms with E-state index in [1.54, 1.807) is 0 Å². The minimum atomic E-state index is -0.688. The number of nitrogens with two attached hydrogens (primary N) is 1. The van der Waals surface area contributed by atoms with Gasteiger partial charge in [-0.15, -0.1) is 0 Å². The molecule has 1 unspecified atom stereocenters. The summed E-state index contributed by atoms with van der Waals surface area (Å²) in [7, 11) is 1.54. The first-order valence-electron chi connectivity index (χ1n) is 5.40. The number of anilines is 2. The number of nitrogen functional groups attached to an aromatic ring is 1. The van der Waals surface area contributed by atoms with Crippen molar-refractivity contribution in [3.05, 3.63) is 6.33 Å². The topological polar surface area (TPSA) is 96.5 Å². The Balaban J connectivity index is 2.33. The molecule has 1 saturated heterocycles. The third-order valence-electron chi connectivity index (χ3n) is 2.88. The molecule has 0 aliphatic carbocycles. The third kappa shape index (κ3) is 2.25. The third-order valence-corrected chi connectivity index (χ3v) is 2.88. The molecule has 7 heteroatoms. The van der Waals surface area contributed by atoms with Crippen LogP contribution in [0.25, 0.3) is 0 Å². The monoisotopic (exact) mass is 239 g/mol. The lowest BCUT2D eigenvalue weighted by molar-refractivity contribution is 0.0838.